The summed E-state index contributed by atoms with van der Waals surface area (Å²) >= 11 is 0. The third kappa shape index (κ3) is 3.92. The molecule has 0 aliphatic carbocycles. The lowest BCUT2D eigenvalue weighted by Gasteiger charge is -2.36. The Hall–Kier alpha value is -2.66. The standard InChI is InChI=1S/C24H27NO4/c1-17-6-8-18(9-7-17)14-19-4-2-3-5-20(19)22(26)25-15-21(23(27)28)24(16-25)10-12-29-13-11-24/h2-9,21H,10-16H2,1H3,(H,27,28). The van der Waals surface area contributed by atoms with Gasteiger partial charge < -0.3 is 14.7 Å². The second kappa shape index (κ2) is 7.99. The van der Waals surface area contributed by atoms with Crippen LogP contribution in [0.5, 0.6) is 0 Å². The van der Waals surface area contributed by atoms with Gasteiger partial charge in [0.25, 0.3) is 5.91 Å². The topological polar surface area (TPSA) is 66.8 Å². The van der Waals surface area contributed by atoms with E-state index in [9.17, 15) is 14.7 Å². The van der Waals surface area contributed by atoms with E-state index in [1.54, 1.807) is 4.90 Å². The van der Waals surface area contributed by atoms with Crippen molar-refractivity contribution in [1.82, 2.24) is 4.90 Å². The van der Waals surface area contributed by atoms with Gasteiger partial charge >= 0.3 is 5.97 Å². The highest BCUT2D eigenvalue weighted by Gasteiger charge is 2.52. The average molecular weight is 393 g/mol. The number of amides is 1. The van der Waals surface area contributed by atoms with E-state index >= 15 is 0 Å². The van der Waals surface area contributed by atoms with Gasteiger partial charge in [-0.1, -0.05) is 48.0 Å². The van der Waals surface area contributed by atoms with E-state index in [0.29, 0.717) is 44.6 Å². The molecule has 2 heterocycles. The van der Waals surface area contributed by atoms with Gasteiger partial charge in [-0.15, -0.1) is 0 Å². The van der Waals surface area contributed by atoms with Crippen LogP contribution in [-0.2, 0) is 16.0 Å². The van der Waals surface area contributed by atoms with Gasteiger partial charge in [0.2, 0.25) is 0 Å². The van der Waals surface area contributed by atoms with Crippen LogP contribution in [0.2, 0.25) is 0 Å². The van der Waals surface area contributed by atoms with Crippen LogP contribution in [0.15, 0.2) is 48.5 Å². The summed E-state index contributed by atoms with van der Waals surface area (Å²) in [6.07, 6.45) is 2.06. The van der Waals surface area contributed by atoms with Crippen molar-refractivity contribution >= 4 is 11.9 Å². The molecule has 29 heavy (non-hydrogen) atoms. The molecular formula is C24H27NO4. The van der Waals surface area contributed by atoms with Crippen LogP contribution in [0.4, 0.5) is 0 Å². The number of rotatable bonds is 4. The van der Waals surface area contributed by atoms with E-state index in [1.807, 2.05) is 24.3 Å². The number of carboxylic acids is 1. The summed E-state index contributed by atoms with van der Waals surface area (Å²) in [4.78, 5) is 27.1. The largest absolute Gasteiger partial charge is 0.481 e. The number of ether oxygens (including phenoxy) is 1. The number of benzene rings is 2. The van der Waals surface area contributed by atoms with E-state index in [1.165, 1.54) is 5.56 Å². The smallest absolute Gasteiger partial charge is 0.308 e. The van der Waals surface area contributed by atoms with Crippen LogP contribution in [0, 0.1) is 18.3 Å². The molecule has 2 fully saturated rings. The summed E-state index contributed by atoms with van der Waals surface area (Å²) in [7, 11) is 0. The first kappa shape index (κ1) is 19.6. The molecule has 2 aromatic rings. The molecule has 5 heteroatoms. The van der Waals surface area contributed by atoms with Gasteiger partial charge in [-0.2, -0.15) is 0 Å². The molecule has 0 saturated carbocycles. The van der Waals surface area contributed by atoms with Crippen LogP contribution in [0.3, 0.4) is 0 Å². The maximum atomic E-state index is 13.4. The second-order valence-corrected chi connectivity index (χ2v) is 8.37. The summed E-state index contributed by atoms with van der Waals surface area (Å²) in [6, 6.07) is 16.0. The molecule has 2 aromatic carbocycles. The fourth-order valence-corrected chi connectivity index (χ4v) is 4.73. The van der Waals surface area contributed by atoms with Crippen molar-refractivity contribution in [3.8, 4) is 0 Å². The zero-order valence-electron chi connectivity index (χ0n) is 16.8. The molecule has 0 radical (unpaired) electrons. The Kier molecular flexibility index (Phi) is 5.41. The molecule has 1 unspecified atom stereocenters. The highest BCUT2D eigenvalue weighted by molar-refractivity contribution is 5.96. The Morgan fingerprint density at radius 2 is 1.79 bits per heavy atom. The number of aliphatic carboxylic acids is 1. The van der Waals surface area contributed by atoms with Gasteiger partial charge in [0.1, 0.15) is 0 Å². The van der Waals surface area contributed by atoms with Crippen molar-refractivity contribution in [2.45, 2.75) is 26.2 Å². The third-order valence-electron chi connectivity index (χ3n) is 6.48. The van der Waals surface area contributed by atoms with Gasteiger partial charge in [-0.25, -0.2) is 0 Å². The maximum absolute atomic E-state index is 13.4. The zero-order chi connectivity index (χ0) is 20.4. The van der Waals surface area contributed by atoms with Gasteiger partial charge in [0, 0.05) is 37.3 Å². The number of likely N-dealkylation sites (tertiary alicyclic amines) is 1. The molecule has 2 aliphatic heterocycles. The first-order valence-corrected chi connectivity index (χ1v) is 10.2. The molecule has 0 bridgehead atoms. The molecule has 2 aliphatic rings. The molecule has 152 valence electrons. The van der Waals surface area contributed by atoms with Gasteiger partial charge in [-0.3, -0.25) is 9.59 Å². The fourth-order valence-electron chi connectivity index (χ4n) is 4.73. The van der Waals surface area contributed by atoms with Crippen molar-refractivity contribution in [2.24, 2.45) is 11.3 Å². The van der Waals surface area contributed by atoms with Crippen molar-refractivity contribution in [1.29, 1.82) is 0 Å². The van der Waals surface area contributed by atoms with Crippen LogP contribution in [0.25, 0.3) is 0 Å². The zero-order valence-corrected chi connectivity index (χ0v) is 16.8. The summed E-state index contributed by atoms with van der Waals surface area (Å²) < 4.78 is 5.46. The van der Waals surface area contributed by atoms with Crippen LogP contribution >= 0.6 is 0 Å². The summed E-state index contributed by atoms with van der Waals surface area (Å²) in [6.45, 7) is 3.95. The molecule has 5 nitrogen and oxygen atoms in total. The maximum Gasteiger partial charge on any atom is 0.308 e. The summed E-state index contributed by atoms with van der Waals surface area (Å²) in [5.41, 5.74) is 3.63. The molecule has 0 aromatic heterocycles. The Labute approximate surface area is 171 Å². The first-order valence-electron chi connectivity index (χ1n) is 10.2. The summed E-state index contributed by atoms with van der Waals surface area (Å²) in [5, 5.41) is 9.79. The minimum atomic E-state index is -0.810. The minimum Gasteiger partial charge on any atom is -0.481 e. The monoisotopic (exact) mass is 393 g/mol. The lowest BCUT2D eigenvalue weighted by Crippen LogP contribution is -2.40. The first-order chi connectivity index (χ1) is 14.0. The van der Waals surface area contributed by atoms with Crippen molar-refractivity contribution < 1.29 is 19.4 Å². The Balaban J connectivity index is 1.58. The highest BCUT2D eigenvalue weighted by Crippen LogP contribution is 2.44. The fraction of sp³-hybridized carbons (Fsp3) is 0.417. The van der Waals surface area contributed by atoms with Crippen molar-refractivity contribution in [2.75, 3.05) is 26.3 Å². The summed E-state index contributed by atoms with van der Waals surface area (Å²) in [5.74, 6) is -1.41. The predicted octanol–water partition coefficient (Wildman–Crippen LogP) is 3.54. The number of nitrogens with zero attached hydrogens (tertiary/aromatic N) is 1. The molecule has 1 N–H and O–H groups in total. The van der Waals surface area contributed by atoms with Crippen LogP contribution in [0.1, 0.15) is 39.9 Å². The minimum absolute atomic E-state index is 0.0673. The van der Waals surface area contributed by atoms with E-state index in [-0.39, 0.29) is 17.9 Å². The normalized spacial score (nSPS) is 20.7. The Morgan fingerprint density at radius 1 is 1.10 bits per heavy atom. The van der Waals surface area contributed by atoms with Gasteiger partial charge in [0.15, 0.2) is 0 Å². The van der Waals surface area contributed by atoms with Crippen LogP contribution < -0.4 is 0 Å². The molecule has 4 rings (SSSR count). The molecule has 1 amide bonds. The number of hydrogen-bond donors (Lipinski definition) is 1. The number of aryl methyl sites for hydroxylation is 1. The van der Waals surface area contributed by atoms with Crippen molar-refractivity contribution in [3.63, 3.8) is 0 Å². The second-order valence-electron chi connectivity index (χ2n) is 8.37. The van der Waals surface area contributed by atoms with Gasteiger partial charge in [-0.05, 0) is 43.4 Å². The third-order valence-corrected chi connectivity index (χ3v) is 6.48. The average Bonchev–Trinajstić information content (AvgIpc) is 3.09. The molecule has 2 saturated heterocycles. The van der Waals surface area contributed by atoms with Crippen LogP contribution in [-0.4, -0.2) is 48.2 Å². The number of carbonyl (C=O) groups is 2. The Bertz CT molecular complexity index is 899. The quantitative estimate of drug-likeness (QED) is 0.863. The van der Waals surface area contributed by atoms with E-state index in [0.717, 1.165) is 11.1 Å². The molecular weight excluding hydrogens is 366 g/mol. The lowest BCUT2D eigenvalue weighted by molar-refractivity contribution is -0.146. The predicted molar refractivity (Wildman–Crippen MR) is 110 cm³/mol. The number of carboxylic acid groups (broad SMARTS) is 1. The molecule has 1 atom stereocenters. The highest BCUT2D eigenvalue weighted by atomic mass is 16.5. The molecule has 1 spiro atoms. The van der Waals surface area contributed by atoms with E-state index in [4.69, 9.17) is 4.74 Å². The Morgan fingerprint density at radius 3 is 2.48 bits per heavy atom. The van der Waals surface area contributed by atoms with E-state index < -0.39 is 11.9 Å². The van der Waals surface area contributed by atoms with Gasteiger partial charge in [0.05, 0.1) is 5.92 Å². The SMILES string of the molecule is Cc1ccc(Cc2ccccc2C(=O)N2CC(C(=O)O)C3(CCOCC3)C2)cc1. The lowest BCUT2D eigenvalue weighted by atomic mass is 9.72. The number of hydrogen-bond acceptors (Lipinski definition) is 3. The van der Waals surface area contributed by atoms with Crippen molar-refractivity contribution in [3.05, 3.63) is 70.8 Å². The van der Waals surface area contributed by atoms with E-state index in [2.05, 4.69) is 31.2 Å². The number of carbonyl (C=O) groups excluding carboxylic acids is 1.